The van der Waals surface area contributed by atoms with Crippen molar-refractivity contribution < 1.29 is 4.39 Å². The van der Waals surface area contributed by atoms with Crippen molar-refractivity contribution in [2.75, 3.05) is 27.2 Å². The third kappa shape index (κ3) is 3.02. The largest absolute Gasteiger partial charge is 0.327 e. The monoisotopic (exact) mass is 292 g/mol. The number of hydrogen-bond acceptors (Lipinski definition) is 3. The molecule has 0 saturated heterocycles. The number of nitrogens with two attached hydrogens (primary N) is 1. The smallest absolute Gasteiger partial charge is 0.162 e. The average Bonchev–Trinajstić information content (AvgIpc) is 2.57. The van der Waals surface area contributed by atoms with Crippen molar-refractivity contribution in [1.29, 1.82) is 0 Å². The van der Waals surface area contributed by atoms with Crippen LogP contribution in [0.2, 0.25) is 0 Å². The predicted octanol–water partition coefficient (Wildman–Crippen LogP) is 1.35. The highest BCUT2D eigenvalue weighted by molar-refractivity contribution is 9.10. The van der Waals surface area contributed by atoms with Crippen LogP contribution < -0.4 is 5.73 Å². The minimum Gasteiger partial charge on any atom is -0.327 e. The lowest BCUT2D eigenvalue weighted by molar-refractivity contribution is 0.183. The summed E-state index contributed by atoms with van der Waals surface area (Å²) < 4.78 is 16.5. The van der Waals surface area contributed by atoms with E-state index in [1.807, 2.05) is 19.0 Å². The molecule has 1 unspecified atom stereocenters. The second kappa shape index (κ2) is 5.25. The van der Waals surface area contributed by atoms with Crippen LogP contribution in [0, 0.1) is 0 Å². The van der Waals surface area contributed by atoms with Crippen LogP contribution in [0.1, 0.15) is 12.6 Å². The maximum atomic E-state index is 14.2. The number of aromatic nitrogens is 2. The van der Waals surface area contributed by atoms with Crippen LogP contribution in [0.5, 0.6) is 0 Å². The Bertz CT molecular complexity index is 349. The molecular formula is C10H18BrFN4. The number of halogens is 2. The van der Waals surface area contributed by atoms with Crippen LogP contribution >= 0.6 is 15.9 Å². The highest BCUT2D eigenvalue weighted by Crippen LogP contribution is 2.30. The van der Waals surface area contributed by atoms with Crippen molar-refractivity contribution in [2.45, 2.75) is 19.1 Å². The van der Waals surface area contributed by atoms with Gasteiger partial charge in [0, 0.05) is 13.1 Å². The van der Waals surface area contributed by atoms with Gasteiger partial charge in [-0.3, -0.25) is 4.68 Å². The molecule has 0 aliphatic carbocycles. The summed E-state index contributed by atoms with van der Waals surface area (Å²) in [6, 6.07) is 0. The summed E-state index contributed by atoms with van der Waals surface area (Å²) in [5, 5.41) is 4.15. The van der Waals surface area contributed by atoms with Gasteiger partial charge in [0.2, 0.25) is 0 Å². The first kappa shape index (κ1) is 13.6. The van der Waals surface area contributed by atoms with Gasteiger partial charge in [0.25, 0.3) is 0 Å². The van der Waals surface area contributed by atoms with E-state index in [9.17, 15) is 4.39 Å². The van der Waals surface area contributed by atoms with Crippen LogP contribution in [-0.2, 0) is 12.2 Å². The van der Waals surface area contributed by atoms with Crippen molar-refractivity contribution >= 4 is 15.9 Å². The summed E-state index contributed by atoms with van der Waals surface area (Å²) >= 11 is 3.31. The summed E-state index contributed by atoms with van der Waals surface area (Å²) in [5.41, 5.74) is 4.40. The van der Waals surface area contributed by atoms with Crippen molar-refractivity contribution in [3.8, 4) is 0 Å². The number of nitrogens with zero attached hydrogens (tertiary/aromatic N) is 3. The van der Waals surface area contributed by atoms with E-state index in [0.29, 0.717) is 16.7 Å². The lowest BCUT2D eigenvalue weighted by Crippen LogP contribution is -2.31. The molecule has 2 N–H and O–H groups in total. The number of rotatable bonds is 5. The second-order valence-electron chi connectivity index (χ2n) is 4.27. The molecule has 1 aromatic heterocycles. The lowest BCUT2D eigenvalue weighted by Gasteiger charge is -2.21. The fraction of sp³-hybridized carbons (Fsp3) is 0.700. The number of likely N-dealkylation sites (N-methyl/N-ethyl adjacent to an activating group) is 1. The molecule has 1 atom stereocenters. The first-order valence-corrected chi connectivity index (χ1v) is 5.93. The highest BCUT2D eigenvalue weighted by Gasteiger charge is 2.30. The molecule has 0 amide bonds. The molecule has 0 bridgehead atoms. The van der Waals surface area contributed by atoms with Gasteiger partial charge in [0.15, 0.2) is 5.67 Å². The first-order valence-electron chi connectivity index (χ1n) is 5.14. The zero-order valence-corrected chi connectivity index (χ0v) is 11.5. The van der Waals surface area contributed by atoms with Crippen LogP contribution in [-0.4, -0.2) is 41.9 Å². The Morgan fingerprint density at radius 2 is 2.25 bits per heavy atom. The normalized spacial score (nSPS) is 15.4. The van der Waals surface area contributed by atoms with Crippen molar-refractivity contribution in [3.05, 3.63) is 16.4 Å². The predicted molar refractivity (Wildman–Crippen MR) is 66.0 cm³/mol. The zero-order chi connectivity index (χ0) is 12.3. The summed E-state index contributed by atoms with van der Waals surface area (Å²) in [7, 11) is 3.94. The van der Waals surface area contributed by atoms with Gasteiger partial charge in [-0.2, -0.15) is 5.10 Å². The summed E-state index contributed by atoms with van der Waals surface area (Å²) in [5.74, 6) is 0. The van der Waals surface area contributed by atoms with Crippen molar-refractivity contribution in [1.82, 2.24) is 14.7 Å². The quantitative estimate of drug-likeness (QED) is 0.891. The van der Waals surface area contributed by atoms with E-state index in [1.165, 1.54) is 6.92 Å². The molecule has 0 aliphatic rings. The fourth-order valence-electron chi connectivity index (χ4n) is 1.44. The topological polar surface area (TPSA) is 47.1 Å². The zero-order valence-electron chi connectivity index (χ0n) is 9.87. The summed E-state index contributed by atoms with van der Waals surface area (Å²) in [4.78, 5) is 2.03. The van der Waals surface area contributed by atoms with Crippen LogP contribution in [0.15, 0.2) is 10.7 Å². The fourth-order valence-corrected chi connectivity index (χ4v) is 2.15. The second-order valence-corrected chi connectivity index (χ2v) is 5.12. The first-order chi connectivity index (χ1) is 7.38. The summed E-state index contributed by atoms with van der Waals surface area (Å²) in [6.07, 6.45) is 1.61. The van der Waals surface area contributed by atoms with E-state index >= 15 is 0 Å². The molecule has 6 heteroatoms. The minimum atomic E-state index is -1.55. The van der Waals surface area contributed by atoms with Gasteiger partial charge >= 0.3 is 0 Å². The van der Waals surface area contributed by atoms with Gasteiger partial charge in [-0.05, 0) is 36.9 Å². The third-order valence-electron chi connectivity index (χ3n) is 2.43. The molecule has 1 rings (SSSR count). The summed E-state index contributed by atoms with van der Waals surface area (Å²) in [6.45, 7) is 2.87. The highest BCUT2D eigenvalue weighted by atomic mass is 79.9. The van der Waals surface area contributed by atoms with E-state index in [2.05, 4.69) is 21.0 Å². The number of hydrogen-bond donors (Lipinski definition) is 1. The van der Waals surface area contributed by atoms with E-state index in [4.69, 9.17) is 5.73 Å². The Kier molecular flexibility index (Phi) is 4.46. The lowest BCUT2D eigenvalue weighted by atomic mass is 10.1. The number of alkyl halides is 1. The Balaban J connectivity index is 2.94. The van der Waals surface area contributed by atoms with Gasteiger partial charge in [-0.25, -0.2) is 4.39 Å². The Morgan fingerprint density at radius 1 is 1.62 bits per heavy atom. The molecule has 4 nitrogen and oxygen atoms in total. The van der Waals surface area contributed by atoms with Gasteiger partial charge < -0.3 is 10.6 Å². The molecular weight excluding hydrogens is 275 g/mol. The molecule has 1 aromatic rings. The van der Waals surface area contributed by atoms with Gasteiger partial charge in [0.05, 0.1) is 22.9 Å². The van der Waals surface area contributed by atoms with E-state index in [-0.39, 0.29) is 6.54 Å². The Labute approximate surface area is 104 Å². The molecule has 0 spiro atoms. The van der Waals surface area contributed by atoms with E-state index in [1.54, 1.807) is 10.9 Å². The van der Waals surface area contributed by atoms with E-state index in [0.717, 1.165) is 6.54 Å². The molecule has 0 radical (unpaired) electrons. The van der Waals surface area contributed by atoms with Crippen LogP contribution in [0.3, 0.4) is 0 Å². The van der Waals surface area contributed by atoms with Crippen molar-refractivity contribution in [2.24, 2.45) is 5.73 Å². The molecule has 0 aromatic carbocycles. The molecule has 16 heavy (non-hydrogen) atoms. The molecule has 0 aliphatic heterocycles. The SMILES string of the molecule is CN(C)CCn1ncc(Br)c1C(C)(F)CN. The van der Waals surface area contributed by atoms with Gasteiger partial charge in [-0.1, -0.05) is 0 Å². The van der Waals surface area contributed by atoms with Gasteiger partial charge in [-0.15, -0.1) is 0 Å². The van der Waals surface area contributed by atoms with Gasteiger partial charge in [0.1, 0.15) is 0 Å². The standard InChI is InChI=1S/C10H18BrFN4/c1-10(12,7-13)9-8(11)6-14-16(9)5-4-15(2)3/h6H,4-5,7,13H2,1-3H3. The molecule has 1 heterocycles. The minimum absolute atomic E-state index is 0.0563. The Hall–Kier alpha value is -0.460. The Morgan fingerprint density at radius 3 is 2.75 bits per heavy atom. The molecule has 92 valence electrons. The van der Waals surface area contributed by atoms with E-state index < -0.39 is 5.67 Å². The average molecular weight is 293 g/mol. The maximum absolute atomic E-state index is 14.2. The molecule has 0 saturated carbocycles. The maximum Gasteiger partial charge on any atom is 0.162 e. The third-order valence-corrected chi connectivity index (χ3v) is 3.01. The molecule has 0 fully saturated rings. The van der Waals surface area contributed by atoms with Crippen LogP contribution in [0.4, 0.5) is 4.39 Å². The van der Waals surface area contributed by atoms with Crippen LogP contribution in [0.25, 0.3) is 0 Å². The van der Waals surface area contributed by atoms with Crippen molar-refractivity contribution in [3.63, 3.8) is 0 Å².